The van der Waals surface area contributed by atoms with Crippen LogP contribution in [0.5, 0.6) is 0 Å². The number of hydrogen-bond acceptors (Lipinski definition) is 4. The first-order valence-electron chi connectivity index (χ1n) is 10.0. The van der Waals surface area contributed by atoms with Gasteiger partial charge in [-0.3, -0.25) is 4.99 Å². The average Bonchev–Trinajstić information content (AvgIpc) is 2.53. The molecule has 3 N–H and O–H groups in total. The molecule has 7 nitrogen and oxygen atoms in total. The van der Waals surface area contributed by atoms with Crippen LogP contribution in [0.1, 0.15) is 46.0 Å². The summed E-state index contributed by atoms with van der Waals surface area (Å²) in [5.41, 5.74) is 0. The zero-order valence-corrected chi connectivity index (χ0v) is 20.2. The number of sulfonamides is 1. The van der Waals surface area contributed by atoms with Gasteiger partial charge in [0.1, 0.15) is 0 Å². The molecule has 2 fully saturated rings. The molecule has 1 heterocycles. The number of piperidine rings is 1. The lowest BCUT2D eigenvalue weighted by Crippen LogP contribution is -2.50. The van der Waals surface area contributed by atoms with E-state index in [4.69, 9.17) is 0 Å². The Bertz CT molecular complexity index is 544. The fraction of sp³-hybridized carbons (Fsp3) is 0.944. The molecule has 0 unspecified atom stereocenters. The van der Waals surface area contributed by atoms with Crippen molar-refractivity contribution in [2.24, 2.45) is 16.8 Å². The highest BCUT2D eigenvalue weighted by molar-refractivity contribution is 14.0. The Hall–Kier alpha value is -0.130. The van der Waals surface area contributed by atoms with Gasteiger partial charge in [0, 0.05) is 45.8 Å². The second kappa shape index (κ2) is 12.4. The zero-order chi connectivity index (χ0) is 19.0. The second-order valence-electron chi connectivity index (χ2n) is 8.08. The standard InChI is InChI=1S/C18H37N5O2S.HI/c1-15(2)14-23-10-7-17(8-11-23)22-18(19-3)20-9-12-26(24,25)21-13-16-5-4-6-16;/h15-17,21H,4-14H2,1-3H3,(H2,19,20,22);1H. The molecular weight excluding hydrogens is 477 g/mol. The molecule has 0 spiro atoms. The highest BCUT2D eigenvalue weighted by Crippen LogP contribution is 2.25. The van der Waals surface area contributed by atoms with Gasteiger partial charge >= 0.3 is 0 Å². The number of likely N-dealkylation sites (tertiary alicyclic amines) is 1. The van der Waals surface area contributed by atoms with E-state index in [0.29, 0.717) is 36.9 Å². The van der Waals surface area contributed by atoms with Gasteiger partial charge in [0.2, 0.25) is 10.0 Å². The smallest absolute Gasteiger partial charge is 0.213 e. The lowest BCUT2D eigenvalue weighted by molar-refractivity contribution is 0.187. The van der Waals surface area contributed by atoms with E-state index in [1.165, 1.54) is 6.42 Å². The van der Waals surface area contributed by atoms with Crippen LogP contribution in [0.25, 0.3) is 0 Å². The summed E-state index contributed by atoms with van der Waals surface area (Å²) in [5, 5.41) is 6.57. The summed E-state index contributed by atoms with van der Waals surface area (Å²) < 4.78 is 26.8. The Morgan fingerprint density at radius 2 is 1.85 bits per heavy atom. The SMILES string of the molecule is CN=C(NCCS(=O)(=O)NCC1CCC1)NC1CCN(CC(C)C)CC1.I. The third-order valence-electron chi connectivity index (χ3n) is 5.26. The minimum Gasteiger partial charge on any atom is -0.355 e. The van der Waals surface area contributed by atoms with Crippen molar-refractivity contribution in [3.63, 3.8) is 0 Å². The van der Waals surface area contributed by atoms with Crippen molar-refractivity contribution in [1.82, 2.24) is 20.3 Å². The average molecular weight is 516 g/mol. The predicted octanol–water partition coefficient (Wildman–Crippen LogP) is 1.61. The maximum absolute atomic E-state index is 12.0. The van der Waals surface area contributed by atoms with Crippen LogP contribution in [-0.4, -0.2) is 70.8 Å². The van der Waals surface area contributed by atoms with Crippen molar-refractivity contribution in [1.29, 1.82) is 0 Å². The van der Waals surface area contributed by atoms with Crippen LogP contribution in [0.3, 0.4) is 0 Å². The Labute approximate surface area is 182 Å². The summed E-state index contributed by atoms with van der Waals surface area (Å²) in [6.07, 6.45) is 5.70. The third kappa shape index (κ3) is 9.76. The molecule has 0 aromatic heterocycles. The van der Waals surface area contributed by atoms with Gasteiger partial charge in [0.15, 0.2) is 5.96 Å². The van der Waals surface area contributed by atoms with E-state index in [0.717, 1.165) is 45.3 Å². The van der Waals surface area contributed by atoms with Crippen molar-refractivity contribution < 1.29 is 8.42 Å². The van der Waals surface area contributed by atoms with Gasteiger partial charge in [0.25, 0.3) is 0 Å². The number of rotatable bonds is 9. The van der Waals surface area contributed by atoms with Crippen molar-refractivity contribution >= 4 is 40.0 Å². The van der Waals surface area contributed by atoms with Crippen molar-refractivity contribution in [3.8, 4) is 0 Å². The van der Waals surface area contributed by atoms with Crippen molar-refractivity contribution in [2.45, 2.75) is 52.0 Å². The lowest BCUT2D eigenvalue weighted by atomic mass is 9.86. The van der Waals surface area contributed by atoms with E-state index in [1.54, 1.807) is 7.05 Å². The van der Waals surface area contributed by atoms with Crippen LogP contribution in [0.4, 0.5) is 0 Å². The molecule has 160 valence electrons. The van der Waals surface area contributed by atoms with Gasteiger partial charge in [-0.25, -0.2) is 13.1 Å². The molecule has 1 saturated carbocycles. The minimum absolute atomic E-state index is 0. The van der Waals surface area contributed by atoms with E-state index in [1.807, 2.05) is 0 Å². The van der Waals surface area contributed by atoms with Gasteiger partial charge < -0.3 is 15.5 Å². The number of hydrogen-bond donors (Lipinski definition) is 3. The van der Waals surface area contributed by atoms with E-state index in [-0.39, 0.29) is 29.7 Å². The molecule has 1 saturated heterocycles. The van der Waals surface area contributed by atoms with E-state index in [9.17, 15) is 8.42 Å². The first kappa shape index (κ1) is 24.9. The zero-order valence-electron chi connectivity index (χ0n) is 17.0. The monoisotopic (exact) mass is 515 g/mol. The highest BCUT2D eigenvalue weighted by Gasteiger charge is 2.21. The maximum atomic E-state index is 12.0. The lowest BCUT2D eigenvalue weighted by Gasteiger charge is -2.34. The summed E-state index contributed by atoms with van der Waals surface area (Å²) >= 11 is 0. The molecule has 2 rings (SSSR count). The molecule has 0 radical (unpaired) electrons. The van der Waals surface area contributed by atoms with Gasteiger partial charge in [0.05, 0.1) is 5.75 Å². The summed E-state index contributed by atoms with van der Waals surface area (Å²) in [6, 6.07) is 0.401. The molecule has 0 bridgehead atoms. The second-order valence-corrected chi connectivity index (χ2v) is 10.0. The summed E-state index contributed by atoms with van der Waals surface area (Å²) in [4.78, 5) is 6.74. The van der Waals surface area contributed by atoms with Crippen LogP contribution in [0.2, 0.25) is 0 Å². The minimum atomic E-state index is -3.21. The number of guanidine groups is 1. The number of nitrogens with zero attached hydrogens (tertiary/aromatic N) is 2. The number of aliphatic imine (C=N–C) groups is 1. The maximum Gasteiger partial charge on any atom is 0.213 e. The van der Waals surface area contributed by atoms with E-state index >= 15 is 0 Å². The van der Waals surface area contributed by atoms with Crippen LogP contribution in [0, 0.1) is 11.8 Å². The topological polar surface area (TPSA) is 85.8 Å². The molecule has 1 aliphatic heterocycles. The Kier molecular flexibility index (Phi) is 11.5. The molecule has 27 heavy (non-hydrogen) atoms. The van der Waals surface area contributed by atoms with Crippen molar-refractivity contribution in [2.75, 3.05) is 45.5 Å². The summed E-state index contributed by atoms with van der Waals surface area (Å²) in [5.74, 6) is 2.01. The Morgan fingerprint density at radius 3 is 2.37 bits per heavy atom. The molecule has 0 aromatic rings. The van der Waals surface area contributed by atoms with Crippen LogP contribution in [-0.2, 0) is 10.0 Å². The normalized spacial score (nSPS) is 20.2. The highest BCUT2D eigenvalue weighted by atomic mass is 127. The predicted molar refractivity (Wildman–Crippen MR) is 123 cm³/mol. The first-order valence-corrected chi connectivity index (χ1v) is 11.7. The fourth-order valence-corrected chi connectivity index (χ4v) is 4.49. The molecule has 9 heteroatoms. The van der Waals surface area contributed by atoms with Crippen molar-refractivity contribution in [3.05, 3.63) is 0 Å². The third-order valence-corrected chi connectivity index (χ3v) is 6.60. The molecule has 0 atom stereocenters. The molecule has 0 amide bonds. The van der Waals surface area contributed by atoms with Gasteiger partial charge in [-0.1, -0.05) is 20.3 Å². The number of nitrogens with one attached hydrogen (secondary N) is 3. The first-order chi connectivity index (χ1) is 12.4. The molecule has 1 aliphatic carbocycles. The fourth-order valence-electron chi connectivity index (χ4n) is 3.48. The van der Waals surface area contributed by atoms with E-state index < -0.39 is 10.0 Å². The molecular formula is C18H38IN5O2S. The van der Waals surface area contributed by atoms with E-state index in [2.05, 4.69) is 39.1 Å². The van der Waals surface area contributed by atoms with Crippen LogP contribution >= 0.6 is 24.0 Å². The molecule has 0 aromatic carbocycles. The Balaban J connectivity index is 0.00000364. The van der Waals surface area contributed by atoms with Gasteiger partial charge in [-0.15, -0.1) is 24.0 Å². The summed E-state index contributed by atoms with van der Waals surface area (Å²) in [7, 11) is -1.48. The largest absolute Gasteiger partial charge is 0.355 e. The van der Waals surface area contributed by atoms with Crippen LogP contribution in [0.15, 0.2) is 4.99 Å². The Morgan fingerprint density at radius 1 is 1.19 bits per heavy atom. The van der Waals surface area contributed by atoms with Gasteiger partial charge in [-0.05, 0) is 37.5 Å². The van der Waals surface area contributed by atoms with Crippen LogP contribution < -0.4 is 15.4 Å². The quantitative estimate of drug-likeness (QED) is 0.247. The number of halogens is 1. The van der Waals surface area contributed by atoms with Gasteiger partial charge in [-0.2, -0.15) is 0 Å². The summed E-state index contributed by atoms with van der Waals surface area (Å²) in [6.45, 7) is 8.83. The molecule has 2 aliphatic rings.